The van der Waals surface area contributed by atoms with Gasteiger partial charge < -0.3 is 19.5 Å². The summed E-state index contributed by atoms with van der Waals surface area (Å²) in [7, 11) is 1.64. The highest BCUT2D eigenvalue weighted by Gasteiger charge is 2.20. The van der Waals surface area contributed by atoms with Gasteiger partial charge in [-0.15, -0.1) is 0 Å². The van der Waals surface area contributed by atoms with Crippen LogP contribution in [0.5, 0.6) is 5.75 Å². The number of ether oxygens (including phenoxy) is 1. The Morgan fingerprint density at radius 2 is 1.64 bits per heavy atom. The van der Waals surface area contributed by atoms with Gasteiger partial charge in [0.05, 0.1) is 12.7 Å². The Morgan fingerprint density at radius 3 is 2.31 bits per heavy atom. The first-order valence-electron chi connectivity index (χ1n) is 15.4. The van der Waals surface area contributed by atoms with Crippen molar-refractivity contribution in [3.05, 3.63) is 114 Å². The molecule has 0 radical (unpaired) electrons. The molecule has 1 fully saturated rings. The summed E-state index contributed by atoms with van der Waals surface area (Å²) in [6.45, 7) is 10.8. The first-order chi connectivity index (χ1) is 21.9. The van der Waals surface area contributed by atoms with Crippen molar-refractivity contribution in [3.63, 3.8) is 0 Å². The number of benzene rings is 4. The molecule has 0 atom stereocenters. The van der Waals surface area contributed by atoms with Gasteiger partial charge in [0.1, 0.15) is 5.75 Å². The zero-order chi connectivity index (χ0) is 31.3. The lowest BCUT2D eigenvalue weighted by Crippen LogP contribution is -2.45. The molecule has 1 aliphatic heterocycles. The topological polar surface area (TPSA) is 83.7 Å². The Kier molecular flexibility index (Phi) is 8.93. The molecular formula is C37H39N5O3. The fourth-order valence-electron chi connectivity index (χ4n) is 5.82. The van der Waals surface area contributed by atoms with Crippen LogP contribution >= 0.6 is 0 Å². The van der Waals surface area contributed by atoms with Gasteiger partial charge in [0.2, 0.25) is 0 Å². The van der Waals surface area contributed by atoms with Crippen molar-refractivity contribution in [2.24, 2.45) is 0 Å². The minimum absolute atomic E-state index is 0.170. The maximum Gasteiger partial charge on any atom is 0.257 e. The summed E-state index contributed by atoms with van der Waals surface area (Å²) in [6, 6.07) is 30.4. The van der Waals surface area contributed by atoms with E-state index in [1.807, 2.05) is 49.4 Å². The van der Waals surface area contributed by atoms with E-state index < -0.39 is 0 Å². The second-order valence-electron chi connectivity index (χ2n) is 11.8. The zero-order valence-corrected chi connectivity index (χ0v) is 26.3. The molecule has 0 saturated carbocycles. The van der Waals surface area contributed by atoms with Crippen LogP contribution in [0.4, 0.5) is 11.4 Å². The summed E-state index contributed by atoms with van der Waals surface area (Å²) in [5.74, 6) is 2.12. The number of carbonyl (C=O) groups is 1. The average molecular weight is 602 g/mol. The fraction of sp³-hybridized carbons (Fsp3) is 0.270. The molecule has 2 heterocycles. The second kappa shape index (κ2) is 13.4. The molecular weight excluding hydrogens is 562 g/mol. The summed E-state index contributed by atoms with van der Waals surface area (Å²) in [6.07, 6.45) is 0. The number of hydrogen-bond donors (Lipinski definition) is 1. The van der Waals surface area contributed by atoms with Crippen molar-refractivity contribution in [1.82, 2.24) is 15.0 Å². The molecule has 1 saturated heterocycles. The van der Waals surface area contributed by atoms with Gasteiger partial charge in [-0.2, -0.15) is 4.98 Å². The van der Waals surface area contributed by atoms with Gasteiger partial charge in [0.15, 0.2) is 5.82 Å². The summed E-state index contributed by atoms with van der Waals surface area (Å²) < 4.78 is 11.0. The Bertz CT molecular complexity index is 1750. The van der Waals surface area contributed by atoms with Crippen molar-refractivity contribution in [2.45, 2.75) is 33.2 Å². The summed E-state index contributed by atoms with van der Waals surface area (Å²) in [4.78, 5) is 22.7. The average Bonchev–Trinajstić information content (AvgIpc) is 3.51. The predicted octanol–water partition coefficient (Wildman–Crippen LogP) is 7.42. The van der Waals surface area contributed by atoms with Crippen LogP contribution in [0.1, 0.15) is 47.1 Å². The smallest absolute Gasteiger partial charge is 0.257 e. The Morgan fingerprint density at radius 1 is 0.911 bits per heavy atom. The standard InChI is InChI=1S/C37H39N5O3/c1-25(2)28-11-13-29(14-12-28)35-33(9-6-10-34(35)44-4)36(43)39-31-15-17-32(18-16-31)42-21-19-41(20-22-42)24-27-7-5-8-30(23-27)37-38-26(3)40-45-37/h5-18,23,25H,19-22,24H2,1-4H3,(H,39,43). The van der Waals surface area contributed by atoms with Gasteiger partial charge in [-0.3, -0.25) is 9.69 Å². The van der Waals surface area contributed by atoms with Gasteiger partial charge in [0, 0.05) is 55.2 Å². The highest BCUT2D eigenvalue weighted by Crippen LogP contribution is 2.35. The number of anilines is 2. The predicted molar refractivity (Wildman–Crippen MR) is 179 cm³/mol. The maximum atomic E-state index is 13.5. The first-order valence-corrected chi connectivity index (χ1v) is 15.4. The van der Waals surface area contributed by atoms with Crippen molar-refractivity contribution in [2.75, 3.05) is 43.5 Å². The number of methoxy groups -OCH3 is 1. The summed E-state index contributed by atoms with van der Waals surface area (Å²) >= 11 is 0. The molecule has 1 aliphatic rings. The molecule has 0 bridgehead atoms. The molecule has 1 aromatic heterocycles. The van der Waals surface area contributed by atoms with Crippen LogP contribution < -0.4 is 15.0 Å². The van der Waals surface area contributed by atoms with Crippen molar-refractivity contribution in [3.8, 4) is 28.3 Å². The fourth-order valence-corrected chi connectivity index (χ4v) is 5.82. The lowest BCUT2D eigenvalue weighted by atomic mass is 9.95. The second-order valence-corrected chi connectivity index (χ2v) is 11.8. The molecule has 6 rings (SSSR count). The van der Waals surface area contributed by atoms with Crippen LogP contribution in [0.2, 0.25) is 0 Å². The molecule has 0 aliphatic carbocycles. The van der Waals surface area contributed by atoms with Crippen molar-refractivity contribution in [1.29, 1.82) is 0 Å². The zero-order valence-electron chi connectivity index (χ0n) is 26.3. The number of amides is 1. The Hall–Kier alpha value is -4.95. The van der Waals surface area contributed by atoms with E-state index in [2.05, 4.69) is 87.6 Å². The van der Waals surface area contributed by atoms with E-state index in [0.29, 0.717) is 28.9 Å². The minimum Gasteiger partial charge on any atom is -0.496 e. The number of aryl methyl sites for hydroxylation is 1. The molecule has 45 heavy (non-hydrogen) atoms. The van der Waals surface area contributed by atoms with Crippen LogP contribution in [0.15, 0.2) is 95.5 Å². The first kappa shape index (κ1) is 30.1. The molecule has 1 amide bonds. The number of rotatable bonds is 9. The van der Waals surface area contributed by atoms with Crippen LogP contribution in [-0.4, -0.2) is 54.2 Å². The van der Waals surface area contributed by atoms with Crippen LogP contribution in [0.25, 0.3) is 22.6 Å². The number of carbonyl (C=O) groups excluding carboxylic acids is 1. The highest BCUT2D eigenvalue weighted by molar-refractivity contribution is 6.09. The van der Waals surface area contributed by atoms with E-state index in [0.717, 1.165) is 60.8 Å². The number of hydrogen-bond acceptors (Lipinski definition) is 7. The van der Waals surface area contributed by atoms with Crippen LogP contribution in [0.3, 0.4) is 0 Å². The van der Waals surface area contributed by atoms with E-state index in [-0.39, 0.29) is 5.91 Å². The van der Waals surface area contributed by atoms with Gasteiger partial charge in [-0.25, -0.2) is 0 Å². The van der Waals surface area contributed by atoms with Gasteiger partial charge >= 0.3 is 0 Å². The van der Waals surface area contributed by atoms with Crippen LogP contribution in [0, 0.1) is 6.92 Å². The largest absolute Gasteiger partial charge is 0.496 e. The van der Waals surface area contributed by atoms with E-state index in [1.54, 1.807) is 7.11 Å². The molecule has 5 aromatic rings. The van der Waals surface area contributed by atoms with Gasteiger partial charge in [0.25, 0.3) is 11.8 Å². The molecule has 8 heteroatoms. The van der Waals surface area contributed by atoms with Gasteiger partial charge in [-0.1, -0.05) is 61.5 Å². The molecule has 8 nitrogen and oxygen atoms in total. The lowest BCUT2D eigenvalue weighted by Gasteiger charge is -2.36. The van der Waals surface area contributed by atoms with Gasteiger partial charge in [-0.05, 0) is 78.1 Å². The van der Waals surface area contributed by atoms with E-state index >= 15 is 0 Å². The molecule has 230 valence electrons. The normalized spacial score (nSPS) is 13.7. The third-order valence-electron chi connectivity index (χ3n) is 8.33. The monoisotopic (exact) mass is 601 g/mol. The molecule has 0 unspecified atom stereocenters. The van der Waals surface area contributed by atoms with E-state index in [4.69, 9.17) is 9.26 Å². The maximum absolute atomic E-state index is 13.5. The SMILES string of the molecule is COc1cccc(C(=O)Nc2ccc(N3CCN(Cc4cccc(-c5nc(C)no5)c4)CC3)cc2)c1-c1ccc(C(C)C)cc1. The molecule has 0 spiro atoms. The lowest BCUT2D eigenvalue weighted by molar-refractivity contribution is 0.102. The Balaban J connectivity index is 1.08. The van der Waals surface area contributed by atoms with Crippen molar-refractivity contribution >= 4 is 17.3 Å². The van der Waals surface area contributed by atoms with E-state index in [1.165, 1.54) is 11.1 Å². The molecule has 4 aromatic carbocycles. The quantitative estimate of drug-likeness (QED) is 0.188. The number of piperazine rings is 1. The summed E-state index contributed by atoms with van der Waals surface area (Å²) in [5.41, 5.74) is 7.64. The Labute approximate surface area is 264 Å². The number of nitrogens with zero attached hydrogens (tertiary/aromatic N) is 4. The third kappa shape index (κ3) is 6.91. The molecule has 1 N–H and O–H groups in total. The number of aromatic nitrogens is 2. The highest BCUT2D eigenvalue weighted by atomic mass is 16.5. The minimum atomic E-state index is -0.170. The van der Waals surface area contributed by atoms with Crippen LogP contribution in [-0.2, 0) is 6.54 Å². The van der Waals surface area contributed by atoms with Crippen molar-refractivity contribution < 1.29 is 14.1 Å². The van der Waals surface area contributed by atoms with E-state index in [9.17, 15) is 4.79 Å². The number of nitrogens with one attached hydrogen (secondary N) is 1. The third-order valence-corrected chi connectivity index (χ3v) is 8.33. The summed E-state index contributed by atoms with van der Waals surface area (Å²) in [5, 5.41) is 7.00.